The molecule has 2 N–H and O–H groups in total. The van der Waals surface area contributed by atoms with Crippen molar-refractivity contribution in [1.29, 1.82) is 0 Å². The van der Waals surface area contributed by atoms with Crippen LogP contribution in [0.2, 0.25) is 0 Å². The van der Waals surface area contributed by atoms with Gasteiger partial charge in [0.15, 0.2) is 5.16 Å². The van der Waals surface area contributed by atoms with Crippen LogP contribution in [-0.4, -0.2) is 55.6 Å². The van der Waals surface area contributed by atoms with Crippen LogP contribution in [-0.2, 0) is 11.3 Å². The number of hydrogen-bond acceptors (Lipinski definition) is 5. The molecule has 1 atom stereocenters. The number of nitrogens with zero attached hydrogens (tertiary/aromatic N) is 3. The van der Waals surface area contributed by atoms with Gasteiger partial charge in [-0.2, -0.15) is 0 Å². The van der Waals surface area contributed by atoms with E-state index >= 15 is 0 Å². The van der Waals surface area contributed by atoms with Gasteiger partial charge < -0.3 is 10.0 Å². The lowest BCUT2D eigenvalue weighted by Gasteiger charge is -2.33. The predicted molar refractivity (Wildman–Crippen MR) is 80.7 cm³/mol. The summed E-state index contributed by atoms with van der Waals surface area (Å²) in [5.41, 5.74) is -0.269. The largest absolute Gasteiger partial charge is 0.481 e. The van der Waals surface area contributed by atoms with Crippen LogP contribution in [0.5, 0.6) is 0 Å². The molecule has 8 heteroatoms. The van der Waals surface area contributed by atoms with E-state index in [0.29, 0.717) is 17.7 Å². The SMILES string of the molecule is CC1CCCCN1CCCn1c(SCC(=O)O)n[nH]c1=O. The van der Waals surface area contributed by atoms with E-state index in [9.17, 15) is 9.59 Å². The number of H-pyrrole nitrogens is 1. The normalized spacial score (nSPS) is 19.8. The molecule has 0 amide bonds. The summed E-state index contributed by atoms with van der Waals surface area (Å²) in [5.74, 6) is -1.00. The molecular weight excluding hydrogens is 292 g/mol. The molecule has 2 rings (SSSR count). The molecule has 2 heterocycles. The Balaban J connectivity index is 1.86. The Labute approximate surface area is 127 Å². The van der Waals surface area contributed by atoms with Crippen LogP contribution in [0.3, 0.4) is 0 Å². The van der Waals surface area contributed by atoms with Gasteiger partial charge in [-0.05, 0) is 32.7 Å². The van der Waals surface area contributed by atoms with Crippen molar-refractivity contribution >= 4 is 17.7 Å². The number of nitrogens with one attached hydrogen (secondary N) is 1. The van der Waals surface area contributed by atoms with Gasteiger partial charge in [-0.3, -0.25) is 9.36 Å². The van der Waals surface area contributed by atoms with E-state index in [1.54, 1.807) is 0 Å². The highest BCUT2D eigenvalue weighted by atomic mass is 32.2. The maximum absolute atomic E-state index is 11.7. The van der Waals surface area contributed by atoms with Crippen LogP contribution >= 0.6 is 11.8 Å². The number of rotatable bonds is 7. The highest BCUT2D eigenvalue weighted by Crippen LogP contribution is 2.17. The van der Waals surface area contributed by atoms with Gasteiger partial charge >= 0.3 is 11.7 Å². The predicted octanol–water partition coefficient (Wildman–Crippen LogP) is 1.01. The third-order valence-corrected chi connectivity index (χ3v) is 4.78. The number of likely N-dealkylation sites (tertiary alicyclic amines) is 1. The van der Waals surface area contributed by atoms with E-state index in [1.807, 2.05) is 0 Å². The molecule has 0 radical (unpaired) electrons. The van der Waals surface area contributed by atoms with Crippen molar-refractivity contribution in [3.05, 3.63) is 10.5 Å². The highest BCUT2D eigenvalue weighted by Gasteiger charge is 2.18. The Morgan fingerprint density at radius 1 is 1.48 bits per heavy atom. The summed E-state index contributed by atoms with van der Waals surface area (Å²) in [7, 11) is 0. The topological polar surface area (TPSA) is 91.2 Å². The first-order valence-corrected chi connectivity index (χ1v) is 8.30. The second-order valence-corrected chi connectivity index (χ2v) is 6.32. The van der Waals surface area contributed by atoms with E-state index in [-0.39, 0.29) is 11.4 Å². The lowest BCUT2D eigenvalue weighted by Crippen LogP contribution is -2.38. The standard InChI is InChI=1S/C13H22N4O3S/c1-10-5-2-3-6-16(10)7-4-8-17-12(20)14-15-13(17)21-9-11(18)19/h10H,2-9H2,1H3,(H,14,20)(H,18,19). The fraction of sp³-hybridized carbons (Fsp3) is 0.769. The zero-order valence-electron chi connectivity index (χ0n) is 12.2. The monoisotopic (exact) mass is 314 g/mol. The first-order valence-electron chi connectivity index (χ1n) is 7.32. The van der Waals surface area contributed by atoms with Crippen LogP contribution in [0.15, 0.2) is 9.95 Å². The van der Waals surface area contributed by atoms with E-state index < -0.39 is 5.97 Å². The van der Waals surface area contributed by atoms with Crippen molar-refractivity contribution in [3.63, 3.8) is 0 Å². The van der Waals surface area contributed by atoms with E-state index in [4.69, 9.17) is 5.11 Å². The second-order valence-electron chi connectivity index (χ2n) is 5.38. The molecule has 1 aliphatic heterocycles. The number of carboxylic acid groups (broad SMARTS) is 1. The molecule has 1 fully saturated rings. The average Bonchev–Trinajstić information content (AvgIpc) is 2.80. The molecule has 1 unspecified atom stereocenters. The van der Waals surface area contributed by atoms with Gasteiger partial charge in [0.1, 0.15) is 0 Å². The number of hydrogen-bond donors (Lipinski definition) is 2. The molecule has 0 aliphatic carbocycles. The second kappa shape index (κ2) is 7.65. The molecule has 1 saturated heterocycles. The summed E-state index contributed by atoms with van der Waals surface area (Å²) < 4.78 is 1.53. The lowest BCUT2D eigenvalue weighted by molar-refractivity contribution is -0.133. The van der Waals surface area contributed by atoms with Gasteiger partial charge in [0.2, 0.25) is 0 Å². The van der Waals surface area contributed by atoms with E-state index in [1.165, 1.54) is 23.8 Å². The minimum Gasteiger partial charge on any atom is -0.481 e. The van der Waals surface area contributed by atoms with Crippen LogP contribution in [0.25, 0.3) is 0 Å². The number of thioether (sulfide) groups is 1. The molecule has 21 heavy (non-hydrogen) atoms. The first-order chi connectivity index (χ1) is 10.1. The molecule has 7 nitrogen and oxygen atoms in total. The number of aliphatic carboxylic acids is 1. The minimum absolute atomic E-state index is 0.0898. The van der Waals surface area contributed by atoms with Gasteiger partial charge in [-0.1, -0.05) is 18.2 Å². The van der Waals surface area contributed by atoms with Gasteiger partial charge in [0, 0.05) is 19.1 Å². The van der Waals surface area contributed by atoms with Gasteiger partial charge in [-0.15, -0.1) is 5.10 Å². The Bertz CT molecular complexity index is 528. The quantitative estimate of drug-likeness (QED) is 0.730. The number of aromatic nitrogens is 3. The first kappa shape index (κ1) is 16.1. The summed E-state index contributed by atoms with van der Waals surface area (Å²) in [6.07, 6.45) is 4.65. The van der Waals surface area contributed by atoms with Gasteiger partial charge in [-0.25, -0.2) is 9.89 Å². The molecule has 0 spiro atoms. The van der Waals surface area contributed by atoms with Crippen molar-refractivity contribution in [2.45, 2.75) is 50.4 Å². The maximum atomic E-state index is 11.7. The maximum Gasteiger partial charge on any atom is 0.343 e. The van der Waals surface area contributed by atoms with Crippen molar-refractivity contribution in [1.82, 2.24) is 19.7 Å². The van der Waals surface area contributed by atoms with Crippen LogP contribution in [0.1, 0.15) is 32.6 Å². The number of piperidine rings is 1. The van der Waals surface area contributed by atoms with Crippen molar-refractivity contribution in [3.8, 4) is 0 Å². The number of aromatic amines is 1. The van der Waals surface area contributed by atoms with Crippen LogP contribution in [0, 0.1) is 0 Å². The number of carbonyl (C=O) groups is 1. The van der Waals surface area contributed by atoms with Crippen molar-refractivity contribution in [2.75, 3.05) is 18.8 Å². The zero-order valence-corrected chi connectivity index (χ0v) is 13.1. The Morgan fingerprint density at radius 2 is 2.29 bits per heavy atom. The Hall–Kier alpha value is -1.28. The highest BCUT2D eigenvalue weighted by molar-refractivity contribution is 7.99. The Morgan fingerprint density at radius 3 is 3.00 bits per heavy atom. The van der Waals surface area contributed by atoms with Gasteiger partial charge in [0.05, 0.1) is 5.75 Å². The summed E-state index contributed by atoms with van der Waals surface area (Å²) >= 11 is 1.07. The summed E-state index contributed by atoms with van der Waals surface area (Å²) in [4.78, 5) is 24.8. The third kappa shape index (κ3) is 4.60. The van der Waals surface area contributed by atoms with Crippen LogP contribution in [0.4, 0.5) is 0 Å². The minimum atomic E-state index is -0.913. The van der Waals surface area contributed by atoms with E-state index in [2.05, 4.69) is 22.0 Å². The molecule has 1 aromatic rings. The molecule has 0 saturated carbocycles. The van der Waals surface area contributed by atoms with Gasteiger partial charge in [0.25, 0.3) is 0 Å². The molecule has 1 aliphatic rings. The molecule has 118 valence electrons. The Kier molecular flexibility index (Phi) is 5.86. The smallest absolute Gasteiger partial charge is 0.343 e. The lowest BCUT2D eigenvalue weighted by atomic mass is 10.0. The van der Waals surface area contributed by atoms with Crippen molar-refractivity contribution < 1.29 is 9.90 Å². The van der Waals surface area contributed by atoms with E-state index in [0.717, 1.165) is 31.3 Å². The fourth-order valence-electron chi connectivity index (χ4n) is 2.66. The number of carboxylic acids is 1. The fourth-order valence-corrected chi connectivity index (χ4v) is 3.35. The molecular formula is C13H22N4O3S. The summed E-state index contributed by atoms with van der Waals surface area (Å²) in [6, 6.07) is 0.612. The third-order valence-electron chi connectivity index (χ3n) is 3.82. The molecule has 0 aromatic carbocycles. The average molecular weight is 314 g/mol. The zero-order chi connectivity index (χ0) is 15.2. The molecule has 0 bridgehead atoms. The molecule has 1 aromatic heterocycles. The van der Waals surface area contributed by atoms with Crippen LogP contribution < -0.4 is 5.69 Å². The summed E-state index contributed by atoms with van der Waals surface area (Å²) in [6.45, 7) is 4.90. The summed E-state index contributed by atoms with van der Waals surface area (Å²) in [5, 5.41) is 15.4. The van der Waals surface area contributed by atoms with Crippen molar-refractivity contribution in [2.24, 2.45) is 0 Å².